The number of hydrogen-bond donors (Lipinski definition) is 1. The lowest BCUT2D eigenvalue weighted by Gasteiger charge is -2.13. The third-order valence-electron chi connectivity index (χ3n) is 3.38. The number of aromatic amines is 1. The predicted molar refractivity (Wildman–Crippen MR) is 74.9 cm³/mol. The van der Waals surface area contributed by atoms with Crippen molar-refractivity contribution in [3.63, 3.8) is 0 Å². The van der Waals surface area contributed by atoms with Crippen molar-refractivity contribution in [3.05, 3.63) is 23.9 Å². The second-order valence-electron chi connectivity index (χ2n) is 4.89. The van der Waals surface area contributed by atoms with Crippen molar-refractivity contribution in [1.29, 1.82) is 0 Å². The second-order valence-corrected chi connectivity index (χ2v) is 8.14. The smallest absolute Gasteiger partial charge is 0.273 e. The first kappa shape index (κ1) is 15.5. The van der Waals surface area contributed by atoms with Gasteiger partial charge in [-0.15, -0.1) is 11.3 Å². The fraction of sp³-hybridized carbons (Fsp3) is 0.417. The van der Waals surface area contributed by atoms with Crippen molar-refractivity contribution in [2.24, 2.45) is 0 Å². The first-order valence-corrected chi connectivity index (χ1v) is 8.77. The number of nitrogens with zero attached hydrogens (tertiary/aromatic N) is 2. The van der Waals surface area contributed by atoms with Crippen molar-refractivity contribution in [1.82, 2.24) is 14.5 Å². The summed E-state index contributed by atoms with van der Waals surface area (Å²) in [6.07, 6.45) is -2.86. The third kappa shape index (κ3) is 2.77. The lowest BCUT2D eigenvalue weighted by atomic mass is 10.3. The van der Waals surface area contributed by atoms with E-state index in [1.165, 1.54) is 16.4 Å². The molecule has 2 aromatic rings. The maximum absolute atomic E-state index is 12.5. The van der Waals surface area contributed by atoms with E-state index in [-0.39, 0.29) is 9.90 Å². The number of alkyl halides is 3. The minimum atomic E-state index is -4.51. The number of H-pyrrole nitrogens is 1. The Hall–Kier alpha value is -1.39. The number of aromatic nitrogens is 2. The van der Waals surface area contributed by atoms with Gasteiger partial charge in [-0.25, -0.2) is 8.42 Å². The van der Waals surface area contributed by atoms with Gasteiger partial charge in [-0.3, -0.25) is 5.10 Å². The van der Waals surface area contributed by atoms with E-state index in [0.717, 1.165) is 30.2 Å². The Kier molecular flexibility index (Phi) is 3.77. The molecule has 0 atom stereocenters. The maximum Gasteiger partial charge on any atom is 0.432 e. The van der Waals surface area contributed by atoms with Crippen LogP contribution in [0.25, 0.3) is 10.6 Å². The molecular formula is C12H12F3N3O2S2. The van der Waals surface area contributed by atoms with E-state index in [4.69, 9.17) is 0 Å². The highest BCUT2D eigenvalue weighted by atomic mass is 32.2. The third-order valence-corrected chi connectivity index (χ3v) is 6.85. The average Bonchev–Trinajstić information content (AvgIpc) is 3.18. The van der Waals surface area contributed by atoms with Gasteiger partial charge in [-0.05, 0) is 31.0 Å². The number of sulfonamides is 1. The van der Waals surface area contributed by atoms with E-state index in [1.54, 1.807) is 0 Å². The molecule has 3 rings (SSSR count). The molecule has 0 aliphatic carbocycles. The van der Waals surface area contributed by atoms with Crippen LogP contribution in [0, 0.1) is 0 Å². The first-order valence-electron chi connectivity index (χ1n) is 6.51. The molecule has 1 fully saturated rings. The average molecular weight is 351 g/mol. The largest absolute Gasteiger partial charge is 0.432 e. The Bertz CT molecular complexity index is 774. The lowest BCUT2D eigenvalue weighted by Crippen LogP contribution is -2.27. The summed E-state index contributed by atoms with van der Waals surface area (Å²) in [5.41, 5.74) is -0.875. The lowest BCUT2D eigenvalue weighted by molar-refractivity contribution is -0.141. The summed E-state index contributed by atoms with van der Waals surface area (Å²) in [5.74, 6) is 0. The van der Waals surface area contributed by atoms with Gasteiger partial charge in [0.25, 0.3) is 10.0 Å². The molecule has 1 aliphatic heterocycles. The highest BCUT2D eigenvalue weighted by Gasteiger charge is 2.34. The summed E-state index contributed by atoms with van der Waals surface area (Å²) in [6.45, 7) is 0.965. The van der Waals surface area contributed by atoms with Gasteiger partial charge in [0.1, 0.15) is 15.6 Å². The zero-order chi connectivity index (χ0) is 16.0. The number of hydrogen-bond acceptors (Lipinski definition) is 4. The summed E-state index contributed by atoms with van der Waals surface area (Å²) in [5, 5.41) is 5.52. The molecule has 3 heterocycles. The van der Waals surface area contributed by atoms with E-state index in [9.17, 15) is 21.6 Å². The molecule has 1 aliphatic rings. The summed E-state index contributed by atoms with van der Waals surface area (Å²) in [6, 6.07) is 3.76. The number of nitrogens with one attached hydrogen (secondary N) is 1. The Morgan fingerprint density at radius 1 is 1.23 bits per heavy atom. The van der Waals surface area contributed by atoms with E-state index in [2.05, 4.69) is 5.10 Å². The molecule has 0 saturated carbocycles. The molecular weight excluding hydrogens is 339 g/mol. The molecule has 0 aromatic carbocycles. The van der Waals surface area contributed by atoms with Crippen molar-refractivity contribution in [3.8, 4) is 10.6 Å². The fourth-order valence-corrected chi connectivity index (χ4v) is 5.18. The van der Waals surface area contributed by atoms with Gasteiger partial charge in [0, 0.05) is 13.1 Å². The first-order chi connectivity index (χ1) is 10.3. The van der Waals surface area contributed by atoms with Gasteiger partial charge in [0.15, 0.2) is 0 Å². The highest BCUT2D eigenvalue weighted by Crippen LogP contribution is 2.35. The quantitative estimate of drug-likeness (QED) is 0.925. The summed E-state index contributed by atoms with van der Waals surface area (Å²) in [4.78, 5) is 0.379. The van der Waals surface area contributed by atoms with Crippen molar-refractivity contribution in [2.75, 3.05) is 13.1 Å². The molecule has 0 unspecified atom stereocenters. The Balaban J connectivity index is 1.89. The van der Waals surface area contributed by atoms with Crippen molar-refractivity contribution < 1.29 is 21.6 Å². The van der Waals surface area contributed by atoms with E-state index >= 15 is 0 Å². The molecule has 2 aromatic heterocycles. The summed E-state index contributed by atoms with van der Waals surface area (Å²) >= 11 is 0.924. The Labute approximate surface area is 128 Å². The molecule has 22 heavy (non-hydrogen) atoms. The SMILES string of the molecule is O=S(=O)(c1ccc(-c2cc(C(F)(F)F)[nH]n2)s1)N1CCCC1. The molecule has 120 valence electrons. The van der Waals surface area contributed by atoms with Gasteiger partial charge in [-0.1, -0.05) is 0 Å². The zero-order valence-corrected chi connectivity index (χ0v) is 12.9. The number of rotatable bonds is 3. The van der Waals surface area contributed by atoms with E-state index in [1.807, 2.05) is 5.10 Å². The Morgan fingerprint density at radius 3 is 2.50 bits per heavy atom. The highest BCUT2D eigenvalue weighted by molar-refractivity contribution is 7.91. The van der Waals surface area contributed by atoms with Crippen molar-refractivity contribution >= 4 is 21.4 Å². The standard InChI is InChI=1S/C12H12F3N3O2S2/c13-12(14,15)10-7-8(16-17-10)9-3-4-11(21-9)22(19,20)18-5-1-2-6-18/h3-4,7H,1-2,5-6H2,(H,16,17). The molecule has 0 radical (unpaired) electrons. The molecule has 0 spiro atoms. The van der Waals surface area contributed by atoms with Crippen LogP contribution in [-0.2, 0) is 16.2 Å². The normalized spacial score (nSPS) is 17.2. The maximum atomic E-state index is 12.5. The van der Waals surface area contributed by atoms with Gasteiger partial charge < -0.3 is 0 Å². The van der Waals surface area contributed by atoms with Crippen LogP contribution in [0.3, 0.4) is 0 Å². The molecule has 5 nitrogen and oxygen atoms in total. The molecule has 10 heteroatoms. The van der Waals surface area contributed by atoms with Gasteiger partial charge in [0.2, 0.25) is 0 Å². The topological polar surface area (TPSA) is 66.1 Å². The monoisotopic (exact) mass is 351 g/mol. The van der Waals surface area contributed by atoms with Crippen LogP contribution in [0.15, 0.2) is 22.4 Å². The van der Waals surface area contributed by atoms with Crippen LogP contribution in [0.4, 0.5) is 13.2 Å². The van der Waals surface area contributed by atoms with E-state index < -0.39 is 21.9 Å². The van der Waals surface area contributed by atoms with Crippen LogP contribution in [-0.4, -0.2) is 36.0 Å². The van der Waals surface area contributed by atoms with E-state index in [0.29, 0.717) is 18.0 Å². The summed E-state index contributed by atoms with van der Waals surface area (Å²) < 4.78 is 63.9. The van der Waals surface area contributed by atoms with Crippen LogP contribution in [0.1, 0.15) is 18.5 Å². The van der Waals surface area contributed by atoms with Crippen LogP contribution in [0.5, 0.6) is 0 Å². The number of thiophene rings is 1. The molecule has 0 bridgehead atoms. The predicted octanol–water partition coefficient (Wildman–Crippen LogP) is 2.94. The zero-order valence-electron chi connectivity index (χ0n) is 11.2. The number of halogens is 3. The van der Waals surface area contributed by atoms with Crippen LogP contribution in [0.2, 0.25) is 0 Å². The minimum Gasteiger partial charge on any atom is -0.273 e. The Morgan fingerprint density at radius 2 is 1.91 bits per heavy atom. The van der Waals surface area contributed by atoms with Crippen LogP contribution < -0.4 is 0 Å². The molecule has 1 saturated heterocycles. The van der Waals surface area contributed by atoms with Crippen LogP contribution >= 0.6 is 11.3 Å². The second kappa shape index (κ2) is 5.36. The van der Waals surface area contributed by atoms with Gasteiger partial charge in [0.05, 0.1) is 4.88 Å². The van der Waals surface area contributed by atoms with Gasteiger partial charge >= 0.3 is 6.18 Å². The van der Waals surface area contributed by atoms with Gasteiger partial charge in [-0.2, -0.15) is 22.6 Å². The fourth-order valence-electron chi connectivity index (χ4n) is 2.25. The van der Waals surface area contributed by atoms with Crippen molar-refractivity contribution in [2.45, 2.75) is 23.2 Å². The molecule has 0 amide bonds. The molecule has 1 N–H and O–H groups in total. The summed E-state index contributed by atoms with van der Waals surface area (Å²) in [7, 11) is -3.56. The minimum absolute atomic E-state index is 0.0835.